The Morgan fingerprint density at radius 2 is 1.77 bits per heavy atom. The Balaban J connectivity index is 1.58. The SMILES string of the molecule is CN(C)S(=O)(=O)c1cc(Cl)c(OC(F)(F)F)cc1C=CC(=O)N1C2COCC1CN(Cc1ccc(F)cc1)C2. The Kier molecular flexibility index (Phi) is 8.57. The lowest BCUT2D eigenvalue weighted by Crippen LogP contribution is -2.65. The molecule has 2 aromatic carbocycles. The van der Waals surface area contributed by atoms with E-state index in [1.165, 1.54) is 26.2 Å². The zero-order valence-electron chi connectivity index (χ0n) is 21.0. The minimum Gasteiger partial charge on any atom is -0.404 e. The van der Waals surface area contributed by atoms with Crippen molar-refractivity contribution in [1.82, 2.24) is 14.1 Å². The minimum atomic E-state index is -5.06. The third-order valence-corrected chi connectivity index (χ3v) is 8.54. The molecule has 2 aromatic rings. The molecule has 8 nitrogen and oxygen atoms in total. The van der Waals surface area contributed by atoms with Crippen LogP contribution >= 0.6 is 11.6 Å². The van der Waals surface area contributed by atoms with Crippen LogP contribution < -0.4 is 4.74 Å². The van der Waals surface area contributed by atoms with Crippen molar-refractivity contribution in [2.24, 2.45) is 0 Å². The molecule has 2 aliphatic heterocycles. The first kappa shape index (κ1) is 29.3. The van der Waals surface area contributed by atoms with Crippen LogP contribution in [-0.2, 0) is 26.1 Å². The quantitative estimate of drug-likeness (QED) is 0.361. The molecule has 212 valence electrons. The highest BCUT2D eigenvalue weighted by atomic mass is 35.5. The van der Waals surface area contributed by atoms with E-state index in [1.54, 1.807) is 17.0 Å². The first-order chi connectivity index (χ1) is 18.2. The zero-order chi connectivity index (χ0) is 28.5. The molecule has 0 saturated carbocycles. The molecule has 0 aliphatic carbocycles. The van der Waals surface area contributed by atoms with Crippen LogP contribution in [0.25, 0.3) is 6.08 Å². The van der Waals surface area contributed by atoms with Gasteiger partial charge in [0.1, 0.15) is 11.6 Å². The summed E-state index contributed by atoms with van der Waals surface area (Å²) in [6.45, 7) is 2.08. The number of hydrogen-bond acceptors (Lipinski definition) is 6. The average molecular weight is 592 g/mol. The standard InChI is InChI=1S/C25H26ClF4N3O5S/c1-31(2)39(35,36)23-10-21(26)22(38-25(28,29)30)9-17(23)5-8-24(34)33-19-12-32(13-20(33)15-37-14-19)11-16-3-6-18(27)7-4-16/h3-10,19-20H,11-15H2,1-2H3. The number of morpholine rings is 1. The van der Waals surface area contributed by atoms with Crippen molar-refractivity contribution in [1.29, 1.82) is 0 Å². The summed E-state index contributed by atoms with van der Waals surface area (Å²) in [7, 11) is -1.62. The molecule has 0 N–H and O–H groups in total. The summed E-state index contributed by atoms with van der Waals surface area (Å²) >= 11 is 5.90. The number of fused-ring (bicyclic) bond motifs is 2. The maximum absolute atomic E-state index is 13.3. The molecule has 2 saturated heterocycles. The second kappa shape index (κ2) is 11.4. The molecule has 2 aliphatic rings. The largest absolute Gasteiger partial charge is 0.573 e. The van der Waals surface area contributed by atoms with Gasteiger partial charge in [0.2, 0.25) is 15.9 Å². The van der Waals surface area contributed by atoms with Crippen LogP contribution in [0.4, 0.5) is 17.6 Å². The van der Waals surface area contributed by atoms with Crippen LogP contribution in [0, 0.1) is 5.82 Å². The average Bonchev–Trinajstić information content (AvgIpc) is 2.84. The number of piperazine rings is 1. The van der Waals surface area contributed by atoms with Crippen LogP contribution in [0.15, 0.2) is 47.4 Å². The summed E-state index contributed by atoms with van der Waals surface area (Å²) in [6.07, 6.45) is -2.80. The first-order valence-electron chi connectivity index (χ1n) is 11.8. The van der Waals surface area contributed by atoms with Gasteiger partial charge in [-0.3, -0.25) is 9.69 Å². The molecule has 14 heteroatoms. The van der Waals surface area contributed by atoms with Gasteiger partial charge in [-0.05, 0) is 41.5 Å². The molecule has 1 amide bonds. The Bertz CT molecular complexity index is 1340. The van der Waals surface area contributed by atoms with Gasteiger partial charge in [0, 0.05) is 39.8 Å². The molecule has 2 unspecified atom stereocenters. The summed E-state index contributed by atoms with van der Waals surface area (Å²) < 4.78 is 88.0. The zero-order valence-corrected chi connectivity index (χ0v) is 22.6. The van der Waals surface area contributed by atoms with E-state index >= 15 is 0 Å². The van der Waals surface area contributed by atoms with Crippen LogP contribution in [0.5, 0.6) is 5.75 Å². The van der Waals surface area contributed by atoms with Gasteiger partial charge in [0.25, 0.3) is 0 Å². The molecular formula is C25H26ClF4N3O5S. The van der Waals surface area contributed by atoms with Crippen molar-refractivity contribution in [2.45, 2.75) is 29.9 Å². The molecule has 2 atom stereocenters. The maximum Gasteiger partial charge on any atom is 0.573 e. The normalized spacial score (nSPS) is 20.6. The number of carbonyl (C=O) groups is 1. The van der Waals surface area contributed by atoms with E-state index in [0.29, 0.717) is 19.6 Å². The van der Waals surface area contributed by atoms with Crippen LogP contribution in [0.2, 0.25) is 5.02 Å². The Morgan fingerprint density at radius 1 is 1.15 bits per heavy atom. The number of benzene rings is 2. The number of sulfonamides is 1. The lowest BCUT2D eigenvalue weighted by atomic mass is 10.0. The van der Waals surface area contributed by atoms with E-state index in [0.717, 1.165) is 34.2 Å². The highest BCUT2D eigenvalue weighted by molar-refractivity contribution is 7.89. The monoisotopic (exact) mass is 591 g/mol. The van der Waals surface area contributed by atoms with Crippen molar-refractivity contribution >= 4 is 33.6 Å². The third-order valence-electron chi connectivity index (χ3n) is 6.37. The molecular weight excluding hydrogens is 566 g/mol. The second-order valence-corrected chi connectivity index (χ2v) is 11.9. The van der Waals surface area contributed by atoms with Gasteiger partial charge in [-0.2, -0.15) is 0 Å². The van der Waals surface area contributed by atoms with E-state index in [-0.39, 0.29) is 41.6 Å². The van der Waals surface area contributed by atoms with E-state index in [9.17, 15) is 30.8 Å². The third kappa shape index (κ3) is 6.90. The Labute approximate surface area is 228 Å². The lowest BCUT2D eigenvalue weighted by molar-refractivity contribution is -0.274. The smallest absolute Gasteiger partial charge is 0.404 e. The lowest BCUT2D eigenvalue weighted by Gasteiger charge is -2.49. The van der Waals surface area contributed by atoms with Crippen LogP contribution in [0.1, 0.15) is 11.1 Å². The van der Waals surface area contributed by atoms with E-state index in [2.05, 4.69) is 9.64 Å². The molecule has 2 bridgehead atoms. The summed E-state index contributed by atoms with van der Waals surface area (Å²) in [6, 6.07) is 7.24. The Hall–Kier alpha value is -2.71. The highest BCUT2D eigenvalue weighted by Gasteiger charge is 2.40. The van der Waals surface area contributed by atoms with E-state index < -0.39 is 33.1 Å². The highest BCUT2D eigenvalue weighted by Crippen LogP contribution is 2.36. The van der Waals surface area contributed by atoms with Gasteiger partial charge >= 0.3 is 6.36 Å². The van der Waals surface area contributed by atoms with Crippen molar-refractivity contribution in [3.05, 3.63) is 64.4 Å². The summed E-state index contributed by atoms with van der Waals surface area (Å²) in [5.74, 6) is -1.57. The predicted molar refractivity (Wildman–Crippen MR) is 135 cm³/mol. The fraction of sp³-hybridized carbons (Fsp3) is 0.400. The molecule has 2 heterocycles. The van der Waals surface area contributed by atoms with Crippen LogP contribution in [-0.4, -0.2) is 87.3 Å². The van der Waals surface area contributed by atoms with Crippen LogP contribution in [0.3, 0.4) is 0 Å². The van der Waals surface area contributed by atoms with E-state index in [4.69, 9.17) is 16.3 Å². The first-order valence-corrected chi connectivity index (χ1v) is 13.6. The number of carbonyl (C=O) groups excluding carboxylic acids is 1. The van der Waals surface area contributed by atoms with E-state index in [1.807, 2.05) is 0 Å². The van der Waals surface area contributed by atoms with Gasteiger partial charge in [-0.1, -0.05) is 23.7 Å². The number of hydrogen-bond donors (Lipinski definition) is 0. The number of halogens is 5. The van der Waals surface area contributed by atoms with Gasteiger partial charge < -0.3 is 14.4 Å². The second-order valence-electron chi connectivity index (χ2n) is 9.40. The molecule has 4 rings (SSSR count). The number of amides is 1. The summed E-state index contributed by atoms with van der Waals surface area (Å²) in [5.41, 5.74) is 0.723. The van der Waals surface area contributed by atoms with Gasteiger partial charge in [-0.25, -0.2) is 17.1 Å². The molecule has 2 fully saturated rings. The molecule has 39 heavy (non-hydrogen) atoms. The number of ether oxygens (including phenoxy) is 2. The molecule has 0 spiro atoms. The fourth-order valence-corrected chi connectivity index (χ4v) is 5.99. The maximum atomic E-state index is 13.3. The molecule has 0 aromatic heterocycles. The predicted octanol–water partition coefficient (Wildman–Crippen LogP) is 3.75. The summed E-state index contributed by atoms with van der Waals surface area (Å²) in [4.78, 5) is 16.7. The van der Waals surface area contributed by atoms with Crippen molar-refractivity contribution in [3.63, 3.8) is 0 Å². The Morgan fingerprint density at radius 3 is 2.33 bits per heavy atom. The molecule has 0 radical (unpaired) electrons. The minimum absolute atomic E-state index is 0.197. The fourth-order valence-electron chi connectivity index (χ4n) is 4.64. The van der Waals surface area contributed by atoms with Crippen molar-refractivity contribution in [3.8, 4) is 5.75 Å². The summed E-state index contributed by atoms with van der Waals surface area (Å²) in [5, 5.41) is -0.555. The number of nitrogens with zero attached hydrogens (tertiary/aromatic N) is 3. The van der Waals surface area contributed by atoms with Crippen molar-refractivity contribution < 1.29 is 40.2 Å². The van der Waals surface area contributed by atoms with Gasteiger partial charge in [0.05, 0.1) is 35.2 Å². The number of rotatable bonds is 7. The van der Waals surface area contributed by atoms with Gasteiger partial charge in [-0.15, -0.1) is 13.2 Å². The number of alkyl halides is 3. The van der Waals surface area contributed by atoms with Crippen molar-refractivity contribution in [2.75, 3.05) is 40.4 Å². The van der Waals surface area contributed by atoms with Gasteiger partial charge in [0.15, 0.2) is 0 Å². The topological polar surface area (TPSA) is 79.4 Å².